The number of carbonyl (C=O) groups excluding carboxylic acids is 1. The Kier molecular flexibility index (Phi) is 8.98. The van der Waals surface area contributed by atoms with Gasteiger partial charge in [-0.1, -0.05) is 71.0 Å². The van der Waals surface area contributed by atoms with Gasteiger partial charge in [0.2, 0.25) is 0 Å². The minimum Gasteiger partial charge on any atom is -0.493 e. The van der Waals surface area contributed by atoms with Crippen LogP contribution in [0.5, 0.6) is 11.5 Å². The third kappa shape index (κ3) is 6.44. The van der Waals surface area contributed by atoms with Gasteiger partial charge in [0, 0.05) is 5.02 Å². The normalized spacial score (nSPS) is 15.1. The first-order chi connectivity index (χ1) is 21.0. The highest BCUT2D eigenvalue weighted by molar-refractivity contribution is 7.07. The van der Waals surface area contributed by atoms with Gasteiger partial charge in [-0.05, 0) is 60.9 Å². The molecule has 12 heteroatoms. The summed E-state index contributed by atoms with van der Waals surface area (Å²) in [6, 6.07) is 17.4. The zero-order valence-electron chi connectivity index (χ0n) is 23.8. The highest BCUT2D eigenvalue weighted by Gasteiger charge is 2.45. The lowest BCUT2D eigenvalue weighted by atomic mass is 9.95. The van der Waals surface area contributed by atoms with Crippen LogP contribution in [0.15, 0.2) is 87.8 Å². The van der Waals surface area contributed by atoms with Gasteiger partial charge in [0.25, 0.3) is 5.56 Å². The fraction of sp³-hybridized carbons (Fsp3) is 0.219. The van der Waals surface area contributed by atoms with E-state index >= 15 is 0 Å². The smallest absolute Gasteiger partial charge is 0.434 e. The molecule has 0 unspecified atom stereocenters. The Morgan fingerprint density at radius 3 is 2.41 bits per heavy atom. The molecule has 0 bridgehead atoms. The van der Waals surface area contributed by atoms with Crippen molar-refractivity contribution < 1.29 is 32.2 Å². The molecule has 0 radical (unpaired) electrons. The standard InChI is InChI=1S/C32H26ClF3N2O5S/c1-4-42-30(40)26-27(21-10-12-22(33)13-11-21)38-29(39)25(44-31(38)37-28(26)32(34,35)36)16-20-9-14-23(24(15-20)41-3)43-17-19-7-5-18(2)6-8-19/h5-16,27H,4,17H2,1-3H3/b25-16-/t27-/m1/s1. The average molecular weight is 643 g/mol. The van der Waals surface area contributed by atoms with Crippen LogP contribution in [0.25, 0.3) is 6.08 Å². The first-order valence-electron chi connectivity index (χ1n) is 13.4. The summed E-state index contributed by atoms with van der Waals surface area (Å²) in [5.74, 6) is -0.339. The zero-order chi connectivity index (χ0) is 31.6. The van der Waals surface area contributed by atoms with Crippen LogP contribution < -0.4 is 24.4 Å². The number of benzene rings is 3. The summed E-state index contributed by atoms with van der Waals surface area (Å²) in [7, 11) is 1.48. The number of rotatable bonds is 8. The van der Waals surface area contributed by atoms with Crippen molar-refractivity contribution in [2.75, 3.05) is 13.7 Å². The molecule has 44 heavy (non-hydrogen) atoms. The molecule has 0 fully saturated rings. The van der Waals surface area contributed by atoms with Crippen molar-refractivity contribution in [3.05, 3.63) is 125 Å². The number of fused-ring (bicyclic) bond motifs is 1. The first kappa shape index (κ1) is 31.1. The zero-order valence-corrected chi connectivity index (χ0v) is 25.3. The van der Waals surface area contributed by atoms with Gasteiger partial charge in [-0.25, -0.2) is 9.79 Å². The molecule has 7 nitrogen and oxygen atoms in total. The van der Waals surface area contributed by atoms with Crippen molar-refractivity contribution >= 4 is 35.0 Å². The molecule has 1 aliphatic rings. The van der Waals surface area contributed by atoms with Gasteiger partial charge in [-0.15, -0.1) is 0 Å². The van der Waals surface area contributed by atoms with Gasteiger partial charge in [-0.3, -0.25) is 9.36 Å². The van der Waals surface area contributed by atoms with Crippen LogP contribution in [0.2, 0.25) is 5.02 Å². The molecule has 0 N–H and O–H groups in total. The van der Waals surface area contributed by atoms with E-state index in [1.54, 1.807) is 18.2 Å². The Hall–Kier alpha value is -4.35. The summed E-state index contributed by atoms with van der Waals surface area (Å²) in [6.07, 6.45) is -3.47. The van der Waals surface area contributed by atoms with E-state index in [4.69, 9.17) is 25.8 Å². The summed E-state index contributed by atoms with van der Waals surface area (Å²) >= 11 is 6.80. The summed E-state index contributed by atoms with van der Waals surface area (Å²) in [4.78, 5) is 30.3. The topological polar surface area (TPSA) is 79.1 Å². The Morgan fingerprint density at radius 2 is 1.77 bits per heavy atom. The fourth-order valence-electron chi connectivity index (χ4n) is 4.69. The second kappa shape index (κ2) is 12.7. The third-order valence-corrected chi connectivity index (χ3v) is 8.02. The van der Waals surface area contributed by atoms with Crippen LogP contribution >= 0.6 is 22.9 Å². The number of methoxy groups -OCH3 is 1. The van der Waals surface area contributed by atoms with Crippen LogP contribution in [0.1, 0.15) is 35.2 Å². The number of alkyl halides is 3. The van der Waals surface area contributed by atoms with Crippen LogP contribution in [0.3, 0.4) is 0 Å². The molecule has 5 rings (SSSR count). The van der Waals surface area contributed by atoms with Crippen molar-refractivity contribution in [3.63, 3.8) is 0 Å². The maximum Gasteiger partial charge on any atom is 0.434 e. The number of aromatic nitrogens is 1. The molecule has 0 amide bonds. The van der Waals surface area contributed by atoms with Crippen molar-refractivity contribution in [1.29, 1.82) is 0 Å². The van der Waals surface area contributed by atoms with Gasteiger partial charge in [-0.2, -0.15) is 13.2 Å². The molecule has 0 aliphatic carbocycles. The van der Waals surface area contributed by atoms with Crippen LogP contribution in [0.4, 0.5) is 13.2 Å². The van der Waals surface area contributed by atoms with Crippen molar-refractivity contribution in [1.82, 2.24) is 4.57 Å². The number of thiazole rings is 1. The second-order valence-corrected chi connectivity index (χ2v) is 11.2. The molecule has 228 valence electrons. The average Bonchev–Trinajstić information content (AvgIpc) is 3.30. The molecule has 4 aromatic rings. The Labute approximate surface area is 259 Å². The van der Waals surface area contributed by atoms with E-state index in [1.807, 2.05) is 31.2 Å². The minimum atomic E-state index is -5.00. The number of halogens is 4. The van der Waals surface area contributed by atoms with E-state index in [1.165, 1.54) is 44.4 Å². The maximum atomic E-state index is 14.3. The molecular weight excluding hydrogens is 617 g/mol. The Balaban J connectivity index is 1.60. The van der Waals surface area contributed by atoms with E-state index in [-0.39, 0.29) is 21.5 Å². The van der Waals surface area contributed by atoms with Gasteiger partial charge in [0.15, 0.2) is 22.0 Å². The lowest BCUT2D eigenvalue weighted by Gasteiger charge is -2.26. The largest absolute Gasteiger partial charge is 0.493 e. The summed E-state index contributed by atoms with van der Waals surface area (Å²) in [5.41, 5.74) is 0.0518. The van der Waals surface area contributed by atoms with Crippen LogP contribution in [-0.2, 0) is 16.1 Å². The third-order valence-electron chi connectivity index (χ3n) is 6.78. The first-order valence-corrected chi connectivity index (χ1v) is 14.6. The van der Waals surface area contributed by atoms with E-state index in [0.29, 0.717) is 28.7 Å². The number of hydrogen-bond acceptors (Lipinski definition) is 7. The number of allylic oxidation sites excluding steroid dienone is 1. The number of carbonyl (C=O) groups is 1. The molecule has 0 saturated heterocycles. The number of nitrogens with zero attached hydrogens (tertiary/aromatic N) is 2. The number of aryl methyl sites for hydroxylation is 1. The van der Waals surface area contributed by atoms with Gasteiger partial charge >= 0.3 is 12.1 Å². The Bertz CT molecular complexity index is 1910. The highest BCUT2D eigenvalue weighted by Crippen LogP contribution is 2.38. The molecule has 2 heterocycles. The summed E-state index contributed by atoms with van der Waals surface area (Å²) < 4.78 is 60.5. The predicted octanol–water partition coefficient (Wildman–Crippen LogP) is 5.89. The molecule has 1 aromatic heterocycles. The molecular formula is C32H26ClF3N2O5S. The van der Waals surface area contributed by atoms with Crippen molar-refractivity contribution in [2.24, 2.45) is 4.99 Å². The van der Waals surface area contributed by atoms with Gasteiger partial charge < -0.3 is 14.2 Å². The van der Waals surface area contributed by atoms with Gasteiger partial charge in [0.1, 0.15) is 6.61 Å². The van der Waals surface area contributed by atoms with Gasteiger partial charge in [0.05, 0.1) is 29.9 Å². The molecule has 1 aliphatic heterocycles. The van der Waals surface area contributed by atoms with Crippen LogP contribution in [0, 0.1) is 6.92 Å². The molecule has 0 saturated carbocycles. The number of hydrogen-bond donors (Lipinski definition) is 0. The Morgan fingerprint density at radius 1 is 1.07 bits per heavy atom. The summed E-state index contributed by atoms with van der Waals surface area (Å²) in [6.45, 7) is 3.61. The van der Waals surface area contributed by atoms with Crippen LogP contribution in [-0.4, -0.2) is 30.4 Å². The van der Waals surface area contributed by atoms with Crippen molar-refractivity contribution in [3.8, 4) is 11.5 Å². The SMILES string of the molecule is CCOC(=O)C1=C(C(F)(F)F)N=c2s/c(=C\c3ccc(OCc4ccc(C)cc4)c(OC)c3)c(=O)n2[C@@H]1c1ccc(Cl)cc1. The summed E-state index contributed by atoms with van der Waals surface area (Å²) in [5, 5.41) is 0.333. The fourth-order valence-corrected chi connectivity index (χ4v) is 5.82. The lowest BCUT2D eigenvalue weighted by molar-refractivity contribution is -0.140. The number of esters is 1. The lowest BCUT2D eigenvalue weighted by Crippen LogP contribution is -2.41. The quantitative estimate of drug-likeness (QED) is 0.224. The minimum absolute atomic E-state index is 0.102. The van der Waals surface area contributed by atoms with E-state index in [9.17, 15) is 22.8 Å². The van der Waals surface area contributed by atoms with E-state index in [2.05, 4.69) is 4.99 Å². The van der Waals surface area contributed by atoms with E-state index < -0.39 is 35.0 Å². The highest BCUT2D eigenvalue weighted by atomic mass is 35.5. The van der Waals surface area contributed by atoms with E-state index in [0.717, 1.165) is 27.0 Å². The molecule has 1 atom stereocenters. The monoisotopic (exact) mass is 642 g/mol. The second-order valence-electron chi connectivity index (χ2n) is 9.80. The maximum absolute atomic E-state index is 14.3. The molecule has 3 aromatic carbocycles. The predicted molar refractivity (Wildman–Crippen MR) is 161 cm³/mol. The number of ether oxygens (including phenoxy) is 3. The molecule has 0 spiro atoms. The van der Waals surface area contributed by atoms with Crippen molar-refractivity contribution in [2.45, 2.75) is 32.7 Å².